The van der Waals surface area contributed by atoms with Crippen LogP contribution in [0.4, 0.5) is 0 Å². The summed E-state index contributed by atoms with van der Waals surface area (Å²) in [6.07, 6.45) is 68.9. The molecule has 6 heteroatoms. The summed E-state index contributed by atoms with van der Waals surface area (Å²) in [5.74, 6) is -1.10. The van der Waals surface area contributed by atoms with Crippen LogP contribution in [-0.4, -0.2) is 37.2 Å². The second-order valence-electron chi connectivity index (χ2n) is 15.2. The van der Waals surface area contributed by atoms with E-state index >= 15 is 0 Å². The Kier molecular flexibility index (Phi) is 45.7. The summed E-state index contributed by atoms with van der Waals surface area (Å²) in [6, 6.07) is 0. The Bertz CT molecular complexity index is 1400. The molecule has 0 radical (unpaired) electrons. The minimum absolute atomic E-state index is 0.135. The summed E-state index contributed by atoms with van der Waals surface area (Å²) >= 11 is 0. The number of unbranched alkanes of at least 4 members (excludes halogenated alkanes) is 8. The van der Waals surface area contributed by atoms with Gasteiger partial charge in [0.05, 0.1) is 0 Å². The van der Waals surface area contributed by atoms with Crippen molar-refractivity contribution in [2.24, 2.45) is 0 Å². The summed E-state index contributed by atoms with van der Waals surface area (Å²) in [4.78, 5) is 37.8. The van der Waals surface area contributed by atoms with Gasteiger partial charge in [0.2, 0.25) is 0 Å². The van der Waals surface area contributed by atoms with Gasteiger partial charge >= 0.3 is 17.9 Å². The maximum Gasteiger partial charge on any atom is 0.306 e. The highest BCUT2D eigenvalue weighted by Crippen LogP contribution is 2.10. The number of allylic oxidation sites excluding steroid dienone is 22. The number of carbonyl (C=O) groups excluding carboxylic acids is 3. The standard InChI is InChI=1S/C56H86O6/c1-4-7-10-13-16-19-21-23-25-27-28-29-31-32-34-37-40-43-46-49-55(58)61-52-53(51-60-54(57)48-45-42-39-36-18-15-12-9-6-3)62-56(59)50-47-44-41-38-35-33-30-26-24-22-20-17-14-11-8-5-2/h7-8,10-11,16-17,19-20,23-26,28-29,32-36,39-40,43,53H,4-6,9,12-15,18,21-22,27,30-31,37-38,41-42,44-52H2,1-3H3/b10-7-,11-8-,19-16-,20-17-,25-23-,26-24-,29-28-,34-32-,35-33-,39-36-,43-40-. The Balaban J connectivity index is 4.57. The zero-order chi connectivity index (χ0) is 45.1. The lowest BCUT2D eigenvalue weighted by atomic mass is 10.1. The van der Waals surface area contributed by atoms with Crippen LogP contribution >= 0.6 is 0 Å². The van der Waals surface area contributed by atoms with E-state index in [0.717, 1.165) is 96.3 Å². The van der Waals surface area contributed by atoms with E-state index in [2.05, 4.69) is 142 Å². The zero-order valence-electron chi connectivity index (χ0n) is 39.3. The molecule has 346 valence electrons. The maximum absolute atomic E-state index is 12.7. The Hall–Kier alpha value is -4.45. The summed E-state index contributed by atoms with van der Waals surface area (Å²) in [5, 5.41) is 0. The van der Waals surface area contributed by atoms with Crippen LogP contribution in [0.25, 0.3) is 0 Å². The monoisotopic (exact) mass is 855 g/mol. The van der Waals surface area contributed by atoms with Crippen LogP contribution in [0.2, 0.25) is 0 Å². The third kappa shape index (κ3) is 46.6. The predicted molar refractivity (Wildman–Crippen MR) is 265 cm³/mol. The first-order valence-corrected chi connectivity index (χ1v) is 24.2. The van der Waals surface area contributed by atoms with Crippen molar-refractivity contribution in [2.75, 3.05) is 13.2 Å². The Labute approximate surface area is 379 Å². The van der Waals surface area contributed by atoms with E-state index in [0.29, 0.717) is 19.3 Å². The third-order valence-electron chi connectivity index (χ3n) is 9.38. The summed E-state index contributed by atoms with van der Waals surface area (Å²) in [5.41, 5.74) is 0. The molecule has 1 unspecified atom stereocenters. The third-order valence-corrected chi connectivity index (χ3v) is 9.38. The van der Waals surface area contributed by atoms with E-state index in [-0.39, 0.29) is 50.4 Å². The molecule has 0 N–H and O–H groups in total. The van der Waals surface area contributed by atoms with Crippen molar-refractivity contribution in [3.8, 4) is 0 Å². The number of hydrogen-bond acceptors (Lipinski definition) is 6. The van der Waals surface area contributed by atoms with Gasteiger partial charge in [-0.15, -0.1) is 0 Å². The van der Waals surface area contributed by atoms with Gasteiger partial charge in [-0.3, -0.25) is 14.4 Å². The van der Waals surface area contributed by atoms with E-state index in [1.54, 1.807) is 0 Å². The minimum Gasteiger partial charge on any atom is -0.462 e. The minimum atomic E-state index is -0.839. The maximum atomic E-state index is 12.7. The molecule has 1 atom stereocenters. The quantitative estimate of drug-likeness (QED) is 0.0264. The van der Waals surface area contributed by atoms with E-state index in [1.165, 1.54) is 25.7 Å². The number of rotatable bonds is 41. The van der Waals surface area contributed by atoms with Gasteiger partial charge in [-0.05, 0) is 116 Å². The Morgan fingerprint density at radius 1 is 0.339 bits per heavy atom. The molecule has 0 aliphatic carbocycles. The van der Waals surface area contributed by atoms with Gasteiger partial charge in [-0.25, -0.2) is 0 Å². The average molecular weight is 855 g/mol. The highest BCUT2D eigenvalue weighted by atomic mass is 16.6. The van der Waals surface area contributed by atoms with Gasteiger partial charge in [0.1, 0.15) is 13.2 Å². The molecule has 0 aromatic heterocycles. The van der Waals surface area contributed by atoms with Gasteiger partial charge in [0, 0.05) is 19.3 Å². The molecule has 0 amide bonds. The lowest BCUT2D eigenvalue weighted by molar-refractivity contribution is -0.166. The summed E-state index contributed by atoms with van der Waals surface area (Å²) in [7, 11) is 0. The van der Waals surface area contributed by atoms with Crippen molar-refractivity contribution in [1.82, 2.24) is 0 Å². The van der Waals surface area contributed by atoms with E-state index in [9.17, 15) is 14.4 Å². The van der Waals surface area contributed by atoms with Crippen molar-refractivity contribution in [2.45, 2.75) is 187 Å². The second-order valence-corrected chi connectivity index (χ2v) is 15.2. The largest absolute Gasteiger partial charge is 0.462 e. The number of hydrogen-bond donors (Lipinski definition) is 0. The van der Waals surface area contributed by atoms with E-state index in [4.69, 9.17) is 14.2 Å². The molecule has 0 heterocycles. The summed E-state index contributed by atoms with van der Waals surface area (Å²) in [6.45, 7) is 6.22. The van der Waals surface area contributed by atoms with Crippen molar-refractivity contribution in [1.29, 1.82) is 0 Å². The molecule has 0 saturated heterocycles. The van der Waals surface area contributed by atoms with Gasteiger partial charge in [0.15, 0.2) is 6.10 Å². The van der Waals surface area contributed by atoms with E-state index < -0.39 is 6.10 Å². The highest BCUT2D eigenvalue weighted by Gasteiger charge is 2.19. The second kappa shape index (κ2) is 49.2. The Morgan fingerprint density at radius 2 is 0.677 bits per heavy atom. The molecule has 6 nitrogen and oxygen atoms in total. The lowest BCUT2D eigenvalue weighted by Crippen LogP contribution is -2.30. The fourth-order valence-electron chi connectivity index (χ4n) is 5.81. The number of carbonyl (C=O) groups is 3. The van der Waals surface area contributed by atoms with Crippen molar-refractivity contribution in [3.63, 3.8) is 0 Å². The molecule has 0 fully saturated rings. The first-order chi connectivity index (χ1) is 30.5. The predicted octanol–water partition coefficient (Wildman–Crippen LogP) is 15.9. The first-order valence-electron chi connectivity index (χ1n) is 24.2. The molecule has 0 saturated carbocycles. The SMILES string of the molecule is CC/C=C\C/C=C\C/C=C\C/C=C\C/C=C\C/C=C\CCC(=O)OCC(COC(=O)CCC/C=C\CCCCCC)OC(=O)CCCCC/C=C\C/C=C\C/C=C\C/C=C\CC. The molecule has 0 aromatic rings. The fraction of sp³-hybridized carbons (Fsp3) is 0.554. The van der Waals surface area contributed by atoms with Crippen LogP contribution in [0.3, 0.4) is 0 Å². The van der Waals surface area contributed by atoms with Crippen LogP contribution in [0.15, 0.2) is 134 Å². The molecule has 0 rings (SSSR count). The van der Waals surface area contributed by atoms with Gasteiger partial charge in [-0.1, -0.05) is 180 Å². The number of ether oxygens (including phenoxy) is 3. The molecule has 0 bridgehead atoms. The van der Waals surface area contributed by atoms with Crippen molar-refractivity contribution in [3.05, 3.63) is 134 Å². The molecule has 0 aromatic carbocycles. The smallest absolute Gasteiger partial charge is 0.306 e. The van der Waals surface area contributed by atoms with Gasteiger partial charge < -0.3 is 14.2 Å². The van der Waals surface area contributed by atoms with Gasteiger partial charge in [-0.2, -0.15) is 0 Å². The molecular formula is C56H86O6. The summed E-state index contributed by atoms with van der Waals surface area (Å²) < 4.78 is 16.6. The molecule has 62 heavy (non-hydrogen) atoms. The molecule has 0 aliphatic rings. The zero-order valence-corrected chi connectivity index (χ0v) is 39.3. The fourth-order valence-corrected chi connectivity index (χ4v) is 5.81. The molecule has 0 aliphatic heterocycles. The topological polar surface area (TPSA) is 78.9 Å². The molecule has 0 spiro atoms. The van der Waals surface area contributed by atoms with Gasteiger partial charge in [0.25, 0.3) is 0 Å². The van der Waals surface area contributed by atoms with Crippen molar-refractivity contribution >= 4 is 17.9 Å². The lowest BCUT2D eigenvalue weighted by Gasteiger charge is -2.18. The van der Waals surface area contributed by atoms with Crippen LogP contribution < -0.4 is 0 Å². The average Bonchev–Trinajstić information content (AvgIpc) is 3.27. The number of esters is 3. The van der Waals surface area contributed by atoms with Crippen molar-refractivity contribution < 1.29 is 28.6 Å². The first kappa shape index (κ1) is 57.5. The molecular weight excluding hydrogens is 769 g/mol. The van der Waals surface area contributed by atoms with Crippen LogP contribution in [0.5, 0.6) is 0 Å². The Morgan fingerprint density at radius 3 is 1.11 bits per heavy atom. The van der Waals surface area contributed by atoms with Crippen LogP contribution in [-0.2, 0) is 28.6 Å². The van der Waals surface area contributed by atoms with E-state index in [1.807, 2.05) is 12.2 Å². The highest BCUT2D eigenvalue weighted by molar-refractivity contribution is 5.71. The van der Waals surface area contributed by atoms with Crippen LogP contribution in [0, 0.1) is 0 Å². The normalized spacial score (nSPS) is 13.3. The van der Waals surface area contributed by atoms with Crippen LogP contribution in [0.1, 0.15) is 181 Å².